The Morgan fingerprint density at radius 3 is 2.60 bits per heavy atom. The first-order valence-electron chi connectivity index (χ1n) is 6.55. The maximum Gasteiger partial charge on any atom is 0.0779 e. The normalized spacial score (nSPS) is 42.0. The van der Waals surface area contributed by atoms with Gasteiger partial charge in [-0.15, -0.1) is 0 Å². The zero-order valence-corrected chi connectivity index (χ0v) is 10.2. The molecule has 1 aliphatic carbocycles. The van der Waals surface area contributed by atoms with Crippen LogP contribution in [0.25, 0.3) is 0 Å². The first kappa shape index (κ1) is 11.4. The summed E-state index contributed by atoms with van der Waals surface area (Å²) < 4.78 is 5.79. The number of hydrogen-bond acceptors (Lipinski definition) is 2. The number of nitrogens with one attached hydrogen (secondary N) is 1. The van der Waals surface area contributed by atoms with Crippen molar-refractivity contribution in [2.75, 3.05) is 13.2 Å². The summed E-state index contributed by atoms with van der Waals surface area (Å²) in [4.78, 5) is 0. The smallest absolute Gasteiger partial charge is 0.0779 e. The van der Waals surface area contributed by atoms with E-state index in [9.17, 15) is 0 Å². The van der Waals surface area contributed by atoms with E-state index in [0.29, 0.717) is 0 Å². The van der Waals surface area contributed by atoms with Gasteiger partial charge in [0.15, 0.2) is 0 Å². The van der Waals surface area contributed by atoms with E-state index in [2.05, 4.69) is 19.2 Å². The average molecular weight is 211 g/mol. The second-order valence-electron chi connectivity index (χ2n) is 5.74. The Kier molecular flexibility index (Phi) is 3.68. The molecule has 2 rings (SSSR count). The minimum atomic E-state index is 0.128. The molecule has 0 aromatic rings. The quantitative estimate of drug-likeness (QED) is 0.775. The standard InChI is InChI=1S/C13H25NO/c1-11-4-6-12(7-5-11)14-10-13(2)8-3-9-15-13/h11-12,14H,3-10H2,1-2H3. The van der Waals surface area contributed by atoms with Crippen molar-refractivity contribution in [3.63, 3.8) is 0 Å². The predicted octanol–water partition coefficient (Wildman–Crippen LogP) is 2.72. The first-order valence-corrected chi connectivity index (χ1v) is 6.55. The highest BCUT2D eigenvalue weighted by Gasteiger charge is 2.30. The Balaban J connectivity index is 1.69. The first-order chi connectivity index (χ1) is 7.18. The van der Waals surface area contributed by atoms with Crippen molar-refractivity contribution in [1.29, 1.82) is 0 Å². The van der Waals surface area contributed by atoms with Gasteiger partial charge in [-0.3, -0.25) is 0 Å². The lowest BCUT2D eigenvalue weighted by Crippen LogP contribution is -2.43. The molecule has 15 heavy (non-hydrogen) atoms. The van der Waals surface area contributed by atoms with Crippen LogP contribution in [0, 0.1) is 5.92 Å². The maximum atomic E-state index is 5.79. The van der Waals surface area contributed by atoms with E-state index in [1.807, 2.05) is 0 Å². The van der Waals surface area contributed by atoms with Crippen molar-refractivity contribution < 1.29 is 4.74 Å². The number of rotatable bonds is 3. The van der Waals surface area contributed by atoms with Gasteiger partial charge in [0, 0.05) is 19.2 Å². The maximum absolute atomic E-state index is 5.79. The molecule has 1 saturated heterocycles. The van der Waals surface area contributed by atoms with Gasteiger partial charge in [0.05, 0.1) is 5.60 Å². The van der Waals surface area contributed by atoms with Gasteiger partial charge in [-0.05, 0) is 51.4 Å². The highest BCUT2D eigenvalue weighted by Crippen LogP contribution is 2.26. The van der Waals surface area contributed by atoms with Gasteiger partial charge < -0.3 is 10.1 Å². The highest BCUT2D eigenvalue weighted by molar-refractivity contribution is 4.85. The molecule has 2 nitrogen and oxygen atoms in total. The van der Waals surface area contributed by atoms with Crippen LogP contribution in [0.3, 0.4) is 0 Å². The van der Waals surface area contributed by atoms with Gasteiger partial charge in [-0.1, -0.05) is 6.92 Å². The highest BCUT2D eigenvalue weighted by atomic mass is 16.5. The minimum Gasteiger partial charge on any atom is -0.374 e. The average Bonchev–Trinajstić information content (AvgIpc) is 2.65. The topological polar surface area (TPSA) is 21.3 Å². The Hall–Kier alpha value is -0.0800. The molecule has 0 amide bonds. The molecule has 0 aromatic heterocycles. The van der Waals surface area contributed by atoms with E-state index >= 15 is 0 Å². The predicted molar refractivity (Wildman–Crippen MR) is 63.0 cm³/mol. The van der Waals surface area contributed by atoms with Crippen molar-refractivity contribution in [2.24, 2.45) is 5.92 Å². The molecule has 1 atom stereocenters. The lowest BCUT2D eigenvalue weighted by atomic mass is 9.87. The summed E-state index contributed by atoms with van der Waals surface area (Å²) in [6.07, 6.45) is 7.97. The Morgan fingerprint density at radius 1 is 1.27 bits per heavy atom. The molecule has 0 bridgehead atoms. The van der Waals surface area contributed by atoms with Gasteiger partial charge in [0.25, 0.3) is 0 Å². The van der Waals surface area contributed by atoms with Crippen LogP contribution in [0.1, 0.15) is 52.4 Å². The van der Waals surface area contributed by atoms with Gasteiger partial charge in [0.1, 0.15) is 0 Å². The van der Waals surface area contributed by atoms with Crippen LogP contribution in [0.15, 0.2) is 0 Å². The number of ether oxygens (including phenoxy) is 1. The fraction of sp³-hybridized carbons (Fsp3) is 1.00. The Labute approximate surface area is 93.8 Å². The van der Waals surface area contributed by atoms with Crippen LogP contribution in [0.5, 0.6) is 0 Å². The van der Waals surface area contributed by atoms with Crippen molar-refractivity contribution in [3.8, 4) is 0 Å². The van der Waals surface area contributed by atoms with Crippen molar-refractivity contribution in [3.05, 3.63) is 0 Å². The zero-order valence-electron chi connectivity index (χ0n) is 10.2. The molecule has 0 spiro atoms. The van der Waals surface area contributed by atoms with E-state index in [0.717, 1.165) is 25.1 Å². The Bertz CT molecular complexity index is 191. The molecule has 1 aliphatic heterocycles. The molecule has 88 valence electrons. The molecule has 2 aliphatic rings. The van der Waals surface area contributed by atoms with Gasteiger partial charge in [-0.2, -0.15) is 0 Å². The van der Waals surface area contributed by atoms with Gasteiger partial charge in [0.2, 0.25) is 0 Å². The van der Waals surface area contributed by atoms with Crippen LogP contribution >= 0.6 is 0 Å². The summed E-state index contributed by atoms with van der Waals surface area (Å²) in [5.74, 6) is 0.946. The van der Waals surface area contributed by atoms with E-state index in [4.69, 9.17) is 4.74 Å². The number of hydrogen-bond donors (Lipinski definition) is 1. The molecule has 2 fully saturated rings. The third-order valence-corrected chi connectivity index (χ3v) is 4.08. The SMILES string of the molecule is CC1CCC(NCC2(C)CCCO2)CC1. The van der Waals surface area contributed by atoms with Gasteiger partial charge in [-0.25, -0.2) is 0 Å². The second-order valence-corrected chi connectivity index (χ2v) is 5.74. The van der Waals surface area contributed by atoms with Crippen LogP contribution < -0.4 is 5.32 Å². The summed E-state index contributed by atoms with van der Waals surface area (Å²) >= 11 is 0. The fourth-order valence-electron chi connectivity index (χ4n) is 2.80. The minimum absolute atomic E-state index is 0.128. The molecule has 1 heterocycles. The molecule has 0 radical (unpaired) electrons. The summed E-state index contributed by atoms with van der Waals surface area (Å²) in [7, 11) is 0. The molecule has 1 N–H and O–H groups in total. The zero-order chi connectivity index (χ0) is 10.7. The molecular formula is C13H25NO. The second kappa shape index (κ2) is 4.84. The monoisotopic (exact) mass is 211 g/mol. The van der Waals surface area contributed by atoms with Crippen LogP contribution in [-0.4, -0.2) is 24.8 Å². The lowest BCUT2D eigenvalue weighted by molar-refractivity contribution is 0.0174. The van der Waals surface area contributed by atoms with Crippen LogP contribution in [0.2, 0.25) is 0 Å². The van der Waals surface area contributed by atoms with E-state index in [1.54, 1.807) is 0 Å². The van der Waals surface area contributed by atoms with E-state index in [-0.39, 0.29) is 5.60 Å². The fourth-order valence-corrected chi connectivity index (χ4v) is 2.80. The largest absolute Gasteiger partial charge is 0.374 e. The summed E-state index contributed by atoms with van der Waals surface area (Å²) in [5, 5.41) is 3.70. The van der Waals surface area contributed by atoms with Gasteiger partial charge >= 0.3 is 0 Å². The lowest BCUT2D eigenvalue weighted by Gasteiger charge is -2.31. The summed E-state index contributed by atoms with van der Waals surface area (Å²) in [6, 6.07) is 0.752. The van der Waals surface area contributed by atoms with Crippen molar-refractivity contribution in [1.82, 2.24) is 5.32 Å². The van der Waals surface area contributed by atoms with Crippen LogP contribution in [0.4, 0.5) is 0 Å². The molecule has 1 unspecified atom stereocenters. The van der Waals surface area contributed by atoms with E-state index in [1.165, 1.54) is 38.5 Å². The third-order valence-electron chi connectivity index (χ3n) is 4.08. The molecule has 0 aromatic carbocycles. The summed E-state index contributed by atoms with van der Waals surface area (Å²) in [5.41, 5.74) is 0.128. The van der Waals surface area contributed by atoms with Crippen LogP contribution in [-0.2, 0) is 4.74 Å². The molecule has 2 heteroatoms. The summed E-state index contributed by atoms with van der Waals surface area (Å²) in [6.45, 7) is 6.63. The third kappa shape index (κ3) is 3.18. The molecular weight excluding hydrogens is 186 g/mol. The van der Waals surface area contributed by atoms with E-state index < -0.39 is 0 Å². The van der Waals surface area contributed by atoms with Crippen molar-refractivity contribution >= 4 is 0 Å². The Morgan fingerprint density at radius 2 is 2.00 bits per heavy atom. The van der Waals surface area contributed by atoms with Crippen molar-refractivity contribution in [2.45, 2.75) is 64.0 Å². The molecule has 1 saturated carbocycles.